The minimum atomic E-state index is -0.0281. The van der Waals surface area contributed by atoms with Gasteiger partial charge in [0.25, 0.3) is 0 Å². The van der Waals surface area contributed by atoms with E-state index < -0.39 is 0 Å². The first kappa shape index (κ1) is 16.8. The van der Waals surface area contributed by atoms with Gasteiger partial charge in [0.2, 0.25) is 5.91 Å². The van der Waals surface area contributed by atoms with E-state index in [1.54, 1.807) is 27.2 Å². The molecule has 0 aliphatic heterocycles. The number of amides is 1. The van der Waals surface area contributed by atoms with Crippen molar-refractivity contribution in [3.8, 4) is 0 Å². The van der Waals surface area contributed by atoms with Gasteiger partial charge in [-0.1, -0.05) is 12.1 Å². The highest BCUT2D eigenvalue weighted by molar-refractivity contribution is 7.09. The van der Waals surface area contributed by atoms with Gasteiger partial charge in [0, 0.05) is 24.5 Å². The zero-order chi connectivity index (χ0) is 14.8. The zero-order valence-corrected chi connectivity index (χ0v) is 12.4. The lowest BCUT2D eigenvalue weighted by Crippen LogP contribution is -2.42. The Morgan fingerprint density at radius 1 is 1.35 bits per heavy atom. The van der Waals surface area contributed by atoms with Gasteiger partial charge in [-0.3, -0.25) is 9.69 Å². The Hall–Kier alpha value is -1.21. The van der Waals surface area contributed by atoms with E-state index in [0.29, 0.717) is 26.2 Å². The Morgan fingerprint density at radius 3 is 2.55 bits per heavy atom. The van der Waals surface area contributed by atoms with Crippen molar-refractivity contribution in [2.45, 2.75) is 6.54 Å². The molecule has 1 rings (SSSR count). The Labute approximate surface area is 123 Å². The largest absolute Gasteiger partial charge is 0.395 e. The molecule has 5 nitrogen and oxygen atoms in total. The Morgan fingerprint density at radius 2 is 2.05 bits per heavy atom. The third kappa shape index (κ3) is 5.83. The molecule has 0 atom stereocenters. The smallest absolute Gasteiger partial charge is 0.237 e. The number of aliphatic hydroxyl groups excluding tert-OH is 2. The molecule has 0 fully saturated rings. The Balaban J connectivity index is 2.60. The van der Waals surface area contributed by atoms with Crippen molar-refractivity contribution in [3.63, 3.8) is 0 Å². The maximum absolute atomic E-state index is 12.3. The maximum Gasteiger partial charge on any atom is 0.237 e. The summed E-state index contributed by atoms with van der Waals surface area (Å²) in [5, 5.41) is 19.9. The molecule has 0 bridgehead atoms. The van der Waals surface area contributed by atoms with Crippen molar-refractivity contribution in [2.24, 2.45) is 0 Å². The maximum atomic E-state index is 12.3. The van der Waals surface area contributed by atoms with Gasteiger partial charge in [-0.25, -0.2) is 0 Å². The second-order valence-electron chi connectivity index (χ2n) is 4.37. The number of carbonyl (C=O) groups is 1. The normalized spacial score (nSPS) is 10.8. The highest BCUT2D eigenvalue weighted by atomic mass is 32.1. The van der Waals surface area contributed by atoms with Crippen LogP contribution in [0.1, 0.15) is 4.88 Å². The highest BCUT2D eigenvalue weighted by Crippen LogP contribution is 2.12. The van der Waals surface area contributed by atoms with Crippen molar-refractivity contribution in [2.75, 3.05) is 39.4 Å². The first-order valence-electron chi connectivity index (χ1n) is 6.56. The predicted molar refractivity (Wildman–Crippen MR) is 80.5 cm³/mol. The van der Waals surface area contributed by atoms with Crippen LogP contribution in [0.15, 0.2) is 30.2 Å². The van der Waals surface area contributed by atoms with Gasteiger partial charge in [-0.15, -0.1) is 17.9 Å². The molecule has 0 saturated carbocycles. The zero-order valence-electron chi connectivity index (χ0n) is 11.6. The van der Waals surface area contributed by atoms with Crippen LogP contribution in [0.5, 0.6) is 0 Å². The van der Waals surface area contributed by atoms with E-state index in [2.05, 4.69) is 6.58 Å². The van der Waals surface area contributed by atoms with Gasteiger partial charge < -0.3 is 15.1 Å². The van der Waals surface area contributed by atoms with Gasteiger partial charge in [0.1, 0.15) is 0 Å². The minimum absolute atomic E-state index is 0.0276. The molecule has 0 saturated heterocycles. The van der Waals surface area contributed by atoms with Gasteiger partial charge >= 0.3 is 0 Å². The van der Waals surface area contributed by atoms with E-state index in [-0.39, 0.29) is 25.7 Å². The summed E-state index contributed by atoms with van der Waals surface area (Å²) < 4.78 is 0. The monoisotopic (exact) mass is 298 g/mol. The molecule has 1 heterocycles. The van der Waals surface area contributed by atoms with Gasteiger partial charge in [0.05, 0.1) is 26.3 Å². The molecular formula is C14H22N2O3S. The number of rotatable bonds is 10. The van der Waals surface area contributed by atoms with Crippen molar-refractivity contribution in [1.29, 1.82) is 0 Å². The molecule has 1 amide bonds. The first-order chi connectivity index (χ1) is 9.71. The van der Waals surface area contributed by atoms with Crippen molar-refractivity contribution < 1.29 is 15.0 Å². The summed E-state index contributed by atoms with van der Waals surface area (Å²) in [6.07, 6.45) is 1.70. The van der Waals surface area contributed by atoms with E-state index in [4.69, 9.17) is 10.2 Å². The lowest BCUT2D eigenvalue weighted by atomic mass is 10.3. The number of nitrogens with zero attached hydrogens (tertiary/aromatic N) is 2. The second kappa shape index (κ2) is 9.66. The number of aliphatic hydroxyl groups is 2. The topological polar surface area (TPSA) is 64.0 Å². The molecule has 1 aromatic heterocycles. The van der Waals surface area contributed by atoms with Crippen LogP contribution < -0.4 is 0 Å². The summed E-state index contributed by atoms with van der Waals surface area (Å²) >= 11 is 1.61. The molecule has 0 unspecified atom stereocenters. The lowest BCUT2D eigenvalue weighted by molar-refractivity contribution is -0.132. The van der Waals surface area contributed by atoms with Gasteiger partial charge in [0.15, 0.2) is 0 Å². The SMILES string of the molecule is C=CCN(Cc1cccs1)C(=O)CN(CCO)CCO. The van der Waals surface area contributed by atoms with Crippen molar-refractivity contribution >= 4 is 17.2 Å². The van der Waals surface area contributed by atoms with E-state index in [1.807, 2.05) is 17.5 Å². The van der Waals surface area contributed by atoms with Gasteiger partial charge in [-0.05, 0) is 11.4 Å². The highest BCUT2D eigenvalue weighted by Gasteiger charge is 2.16. The molecular weight excluding hydrogens is 276 g/mol. The quantitative estimate of drug-likeness (QED) is 0.619. The third-order valence-electron chi connectivity index (χ3n) is 2.82. The Kier molecular flexibility index (Phi) is 8.13. The van der Waals surface area contributed by atoms with Crippen LogP contribution in [0.25, 0.3) is 0 Å². The summed E-state index contributed by atoms with van der Waals surface area (Å²) in [4.78, 5) is 16.9. The average Bonchev–Trinajstić information content (AvgIpc) is 2.91. The molecule has 2 N–H and O–H groups in total. The number of carbonyl (C=O) groups excluding carboxylic acids is 1. The molecule has 6 heteroatoms. The van der Waals surface area contributed by atoms with E-state index in [1.165, 1.54) is 0 Å². The summed E-state index contributed by atoms with van der Waals surface area (Å²) in [6.45, 7) is 5.64. The van der Waals surface area contributed by atoms with Crippen LogP contribution in [0.3, 0.4) is 0 Å². The van der Waals surface area contributed by atoms with Crippen molar-refractivity contribution in [1.82, 2.24) is 9.80 Å². The summed E-state index contributed by atoms with van der Waals surface area (Å²) in [7, 11) is 0. The molecule has 0 aliphatic rings. The molecule has 0 spiro atoms. The lowest BCUT2D eigenvalue weighted by Gasteiger charge is -2.25. The molecule has 1 aromatic rings. The minimum Gasteiger partial charge on any atom is -0.395 e. The average molecular weight is 298 g/mol. The van der Waals surface area contributed by atoms with E-state index in [9.17, 15) is 4.79 Å². The molecule has 20 heavy (non-hydrogen) atoms. The van der Waals surface area contributed by atoms with Crippen LogP contribution in [0.2, 0.25) is 0 Å². The molecule has 0 aliphatic carbocycles. The van der Waals surface area contributed by atoms with Crippen LogP contribution in [0.4, 0.5) is 0 Å². The predicted octanol–water partition coefficient (Wildman–Crippen LogP) is 0.549. The van der Waals surface area contributed by atoms with Crippen LogP contribution >= 0.6 is 11.3 Å². The Bertz CT molecular complexity index is 389. The number of hydrogen-bond acceptors (Lipinski definition) is 5. The molecule has 112 valence electrons. The fourth-order valence-electron chi connectivity index (χ4n) is 1.85. The third-order valence-corrected chi connectivity index (χ3v) is 3.68. The van der Waals surface area contributed by atoms with E-state index in [0.717, 1.165) is 4.88 Å². The number of thiophene rings is 1. The summed E-state index contributed by atoms with van der Waals surface area (Å²) in [6, 6.07) is 3.95. The summed E-state index contributed by atoms with van der Waals surface area (Å²) in [5.41, 5.74) is 0. The van der Waals surface area contributed by atoms with Crippen molar-refractivity contribution in [3.05, 3.63) is 35.0 Å². The fourth-order valence-corrected chi connectivity index (χ4v) is 2.56. The number of hydrogen-bond donors (Lipinski definition) is 2. The van der Waals surface area contributed by atoms with Crippen LogP contribution in [-0.4, -0.2) is 65.3 Å². The molecule has 0 aromatic carbocycles. The van der Waals surface area contributed by atoms with Gasteiger partial charge in [-0.2, -0.15) is 0 Å². The first-order valence-corrected chi connectivity index (χ1v) is 7.44. The fraction of sp³-hybridized carbons (Fsp3) is 0.500. The standard InChI is InChI=1S/C14H22N2O3S/c1-2-5-16(11-13-4-3-10-20-13)14(19)12-15(6-8-17)7-9-18/h2-4,10,17-18H,1,5-9,11-12H2. The summed E-state index contributed by atoms with van der Waals surface area (Å²) in [5.74, 6) is -0.0276. The van der Waals surface area contributed by atoms with Crippen LogP contribution in [-0.2, 0) is 11.3 Å². The molecule has 0 radical (unpaired) electrons. The second-order valence-corrected chi connectivity index (χ2v) is 5.40. The van der Waals surface area contributed by atoms with Crippen LogP contribution in [0, 0.1) is 0 Å². The van der Waals surface area contributed by atoms with E-state index >= 15 is 0 Å².